The van der Waals surface area contributed by atoms with E-state index in [0.29, 0.717) is 5.56 Å². The van der Waals surface area contributed by atoms with E-state index in [1.54, 1.807) is 19.1 Å². The van der Waals surface area contributed by atoms with Crippen molar-refractivity contribution in [3.63, 3.8) is 0 Å². The third-order valence-corrected chi connectivity index (χ3v) is 6.27. The summed E-state index contributed by atoms with van der Waals surface area (Å²) in [5, 5.41) is 0. The summed E-state index contributed by atoms with van der Waals surface area (Å²) in [5.74, 6) is -0.667. The largest absolute Gasteiger partial charge is 0.465 e. The van der Waals surface area contributed by atoms with E-state index < -0.39 is 16.1 Å². The van der Waals surface area contributed by atoms with Crippen LogP contribution in [0, 0.1) is 6.92 Å². The molecule has 0 bridgehead atoms. The predicted molar refractivity (Wildman–Crippen MR) is 97.8 cm³/mol. The molecule has 26 heavy (non-hydrogen) atoms. The summed E-state index contributed by atoms with van der Waals surface area (Å²) in [6, 6.07) is 12.8. The molecule has 0 aliphatic heterocycles. The number of carbonyl (C=O) groups excluding carboxylic acids is 1. The second-order valence-electron chi connectivity index (χ2n) is 6.47. The lowest BCUT2D eigenvalue weighted by atomic mass is 9.83. The number of fused-ring (bicyclic) bond motifs is 1. The number of hydrogen-bond acceptors (Lipinski definition) is 5. The summed E-state index contributed by atoms with van der Waals surface area (Å²) >= 11 is 0. The van der Waals surface area contributed by atoms with Crippen LogP contribution < -0.4 is 0 Å². The number of esters is 1. The summed E-state index contributed by atoms with van der Waals surface area (Å²) in [7, 11) is -2.86. The number of aryl methyl sites for hydroxylation is 2. The van der Waals surface area contributed by atoms with Gasteiger partial charge in [-0.2, -0.15) is 8.42 Å². The van der Waals surface area contributed by atoms with Gasteiger partial charge in [-0.05, 0) is 48.9 Å². The van der Waals surface area contributed by atoms with Gasteiger partial charge in [0.15, 0.2) is 0 Å². The zero-order valence-electron chi connectivity index (χ0n) is 14.9. The smallest absolute Gasteiger partial charge is 0.339 e. The molecule has 1 atom stereocenters. The molecule has 0 radical (unpaired) electrons. The van der Waals surface area contributed by atoms with Crippen LogP contribution in [0.2, 0.25) is 0 Å². The molecule has 0 saturated heterocycles. The van der Waals surface area contributed by atoms with Gasteiger partial charge in [0, 0.05) is 5.92 Å². The summed E-state index contributed by atoms with van der Waals surface area (Å²) in [6.45, 7) is 1.70. The third kappa shape index (κ3) is 3.66. The van der Waals surface area contributed by atoms with E-state index in [9.17, 15) is 13.2 Å². The Morgan fingerprint density at radius 1 is 1.15 bits per heavy atom. The van der Waals surface area contributed by atoms with Crippen LogP contribution in [0.1, 0.15) is 45.8 Å². The van der Waals surface area contributed by atoms with Gasteiger partial charge in [-0.1, -0.05) is 36.4 Å². The van der Waals surface area contributed by atoms with E-state index in [1.165, 1.54) is 18.7 Å². The molecule has 2 aromatic carbocycles. The van der Waals surface area contributed by atoms with Crippen LogP contribution in [-0.4, -0.2) is 28.1 Å². The first-order chi connectivity index (χ1) is 12.4. The Kier molecular flexibility index (Phi) is 5.44. The molecular formula is C20H22O5S. The first kappa shape index (κ1) is 18.6. The lowest BCUT2D eigenvalue weighted by molar-refractivity contribution is 0.0595. The van der Waals surface area contributed by atoms with Crippen molar-refractivity contribution in [2.45, 2.75) is 37.0 Å². The van der Waals surface area contributed by atoms with E-state index in [2.05, 4.69) is 6.07 Å². The quantitative estimate of drug-likeness (QED) is 0.591. The van der Waals surface area contributed by atoms with Crippen molar-refractivity contribution in [1.82, 2.24) is 0 Å². The Bertz CT molecular complexity index is 918. The maximum atomic E-state index is 12.8. The Morgan fingerprint density at radius 2 is 1.92 bits per heavy atom. The van der Waals surface area contributed by atoms with E-state index in [4.69, 9.17) is 8.92 Å². The van der Waals surface area contributed by atoms with Gasteiger partial charge < -0.3 is 4.74 Å². The summed E-state index contributed by atoms with van der Waals surface area (Å²) < 4.78 is 35.7. The number of hydrogen-bond donors (Lipinski definition) is 0. The van der Waals surface area contributed by atoms with Gasteiger partial charge in [0.25, 0.3) is 10.1 Å². The molecule has 138 valence electrons. The fraction of sp³-hybridized carbons (Fsp3) is 0.350. The van der Waals surface area contributed by atoms with E-state index >= 15 is 0 Å². The van der Waals surface area contributed by atoms with Crippen molar-refractivity contribution < 1.29 is 22.1 Å². The van der Waals surface area contributed by atoms with Crippen molar-refractivity contribution >= 4 is 16.1 Å². The van der Waals surface area contributed by atoms with Crippen LogP contribution in [0.3, 0.4) is 0 Å². The third-order valence-electron chi connectivity index (χ3n) is 4.79. The van der Waals surface area contributed by atoms with Crippen LogP contribution in [0.5, 0.6) is 0 Å². The highest BCUT2D eigenvalue weighted by Gasteiger charge is 2.28. The fourth-order valence-electron chi connectivity index (χ4n) is 3.51. The molecule has 1 aliphatic rings. The SMILES string of the molecule is COC(=O)c1cccc(C)c1S(=O)(=O)OCC1CCCc2ccccc21. The Morgan fingerprint density at radius 3 is 2.69 bits per heavy atom. The monoisotopic (exact) mass is 374 g/mol. The first-order valence-corrected chi connectivity index (χ1v) is 10.00. The average Bonchev–Trinajstić information content (AvgIpc) is 2.65. The van der Waals surface area contributed by atoms with Crippen molar-refractivity contribution in [1.29, 1.82) is 0 Å². The molecule has 0 spiro atoms. The van der Waals surface area contributed by atoms with Crippen molar-refractivity contribution in [3.05, 3.63) is 64.7 Å². The zero-order chi connectivity index (χ0) is 18.7. The zero-order valence-corrected chi connectivity index (χ0v) is 15.7. The topological polar surface area (TPSA) is 69.7 Å². The van der Waals surface area contributed by atoms with Crippen LogP contribution >= 0.6 is 0 Å². The molecule has 0 amide bonds. The molecule has 1 aliphatic carbocycles. The van der Waals surface area contributed by atoms with Crippen LogP contribution in [-0.2, 0) is 25.5 Å². The number of benzene rings is 2. The van der Waals surface area contributed by atoms with Crippen LogP contribution in [0.15, 0.2) is 47.4 Å². The molecule has 5 nitrogen and oxygen atoms in total. The minimum absolute atomic E-state index is 0.00320. The number of methoxy groups -OCH3 is 1. The molecule has 2 aromatic rings. The van der Waals surface area contributed by atoms with Gasteiger partial charge in [-0.25, -0.2) is 4.79 Å². The molecule has 0 N–H and O–H groups in total. The summed E-state index contributed by atoms with van der Waals surface area (Å²) in [6.07, 6.45) is 2.89. The second kappa shape index (κ2) is 7.60. The number of rotatable bonds is 5. The minimum Gasteiger partial charge on any atom is -0.465 e. The summed E-state index contributed by atoms with van der Waals surface area (Å²) in [5.41, 5.74) is 2.84. The maximum Gasteiger partial charge on any atom is 0.339 e. The van der Waals surface area contributed by atoms with Gasteiger partial charge in [0.1, 0.15) is 4.90 Å². The molecule has 0 heterocycles. The van der Waals surface area contributed by atoms with Crippen LogP contribution in [0.4, 0.5) is 0 Å². The highest BCUT2D eigenvalue weighted by atomic mass is 32.2. The first-order valence-electron chi connectivity index (χ1n) is 8.59. The van der Waals surface area contributed by atoms with Gasteiger partial charge in [0.2, 0.25) is 0 Å². The van der Waals surface area contributed by atoms with Crippen molar-refractivity contribution in [3.8, 4) is 0 Å². The molecule has 0 aromatic heterocycles. The molecule has 1 unspecified atom stereocenters. The molecule has 0 saturated carbocycles. The fourth-order valence-corrected chi connectivity index (χ4v) is 4.86. The average molecular weight is 374 g/mol. The molecular weight excluding hydrogens is 352 g/mol. The summed E-state index contributed by atoms with van der Waals surface area (Å²) in [4.78, 5) is 11.8. The normalized spacial score (nSPS) is 16.8. The van der Waals surface area contributed by atoms with Gasteiger partial charge in [0.05, 0.1) is 19.3 Å². The van der Waals surface area contributed by atoms with E-state index in [1.807, 2.05) is 18.2 Å². The lowest BCUT2D eigenvalue weighted by Gasteiger charge is -2.25. The van der Waals surface area contributed by atoms with Crippen molar-refractivity contribution in [2.24, 2.45) is 0 Å². The van der Waals surface area contributed by atoms with E-state index in [-0.39, 0.29) is 23.0 Å². The number of ether oxygens (including phenoxy) is 1. The second-order valence-corrected chi connectivity index (χ2v) is 8.02. The van der Waals surface area contributed by atoms with Gasteiger partial charge in [-0.3, -0.25) is 4.18 Å². The minimum atomic E-state index is -4.08. The Balaban J connectivity index is 1.87. The highest BCUT2D eigenvalue weighted by Crippen LogP contribution is 2.33. The Hall–Kier alpha value is -2.18. The van der Waals surface area contributed by atoms with Crippen LogP contribution in [0.25, 0.3) is 0 Å². The molecule has 3 rings (SSSR count). The maximum absolute atomic E-state index is 12.8. The standard InChI is InChI=1S/C20H22O5S/c1-14-7-5-12-18(20(21)24-2)19(14)26(22,23)25-13-16-10-6-9-15-8-3-4-11-17(15)16/h3-5,7-8,11-12,16H,6,9-10,13H2,1-2H3. The lowest BCUT2D eigenvalue weighted by Crippen LogP contribution is -2.20. The number of carbonyl (C=O) groups is 1. The Labute approximate surface area is 154 Å². The van der Waals surface area contributed by atoms with E-state index in [0.717, 1.165) is 24.8 Å². The van der Waals surface area contributed by atoms with Crippen molar-refractivity contribution in [2.75, 3.05) is 13.7 Å². The predicted octanol–water partition coefficient (Wildman–Crippen LogP) is 3.61. The van der Waals surface area contributed by atoms with Gasteiger partial charge in [-0.15, -0.1) is 0 Å². The van der Waals surface area contributed by atoms with Gasteiger partial charge >= 0.3 is 5.97 Å². The molecule has 0 fully saturated rings. The molecule has 6 heteroatoms. The highest BCUT2D eigenvalue weighted by molar-refractivity contribution is 7.87.